The zero-order chi connectivity index (χ0) is 5.82. The average Bonchev–Trinajstić information content (AvgIpc) is 1.94. The third-order valence-electron chi connectivity index (χ3n) is 1.52. The zero-order valence-electron chi connectivity index (χ0n) is 5.47. The molecule has 0 saturated carbocycles. The van der Waals surface area contributed by atoms with Crippen molar-refractivity contribution in [1.29, 1.82) is 0 Å². The molecule has 0 spiro atoms. The van der Waals surface area contributed by atoms with Crippen LogP contribution in [0.2, 0.25) is 0 Å². The number of hydrogen-bond donors (Lipinski definition) is 2. The Hall–Kier alpha value is 0.210. The van der Waals surface area contributed by atoms with Crippen LogP contribution in [-0.2, 0) is 0 Å². The third kappa shape index (κ3) is 3.73. The number of β-amino-alcohol motifs (C(OH)–C–C–N with tert-alkyl or cyclic N) is 1. The number of halogens is 1. The van der Waals surface area contributed by atoms with Gasteiger partial charge in [0.15, 0.2) is 0 Å². The number of aliphatic hydroxyl groups is 1. The smallest absolute Gasteiger partial charge is 0.0664 e. The normalized spacial score (nSPS) is 28.3. The van der Waals surface area contributed by atoms with Gasteiger partial charge < -0.3 is 10.4 Å². The van der Waals surface area contributed by atoms with Crippen LogP contribution in [0.4, 0.5) is 0 Å². The first kappa shape index (κ1) is 9.21. The van der Waals surface area contributed by atoms with Crippen molar-refractivity contribution in [3.05, 3.63) is 0 Å². The van der Waals surface area contributed by atoms with Gasteiger partial charge in [-0.2, -0.15) is 0 Å². The topological polar surface area (TPSA) is 32.3 Å². The minimum absolute atomic E-state index is 0. The minimum atomic E-state index is -0.0856. The van der Waals surface area contributed by atoms with E-state index in [9.17, 15) is 0 Å². The molecule has 56 valence electrons. The number of nitrogens with one attached hydrogen (secondary N) is 1. The van der Waals surface area contributed by atoms with E-state index < -0.39 is 0 Å². The first-order valence-corrected chi connectivity index (χ1v) is 3.28. The second-order valence-corrected chi connectivity index (χ2v) is 2.35. The van der Waals surface area contributed by atoms with Crippen molar-refractivity contribution in [1.82, 2.24) is 5.32 Å². The van der Waals surface area contributed by atoms with E-state index in [1.54, 1.807) is 0 Å². The fourth-order valence-corrected chi connectivity index (χ4v) is 1.00. The summed E-state index contributed by atoms with van der Waals surface area (Å²) >= 11 is 0. The lowest BCUT2D eigenvalue weighted by Crippen LogP contribution is -2.23. The molecule has 0 unspecified atom stereocenters. The van der Waals surface area contributed by atoms with Gasteiger partial charge in [0, 0.05) is 6.54 Å². The van der Waals surface area contributed by atoms with E-state index in [0.29, 0.717) is 0 Å². The molecule has 2 N–H and O–H groups in total. The summed E-state index contributed by atoms with van der Waals surface area (Å²) in [7, 11) is 0. The van der Waals surface area contributed by atoms with Crippen LogP contribution in [-0.4, -0.2) is 24.3 Å². The van der Waals surface area contributed by atoms with Crippen LogP contribution >= 0.6 is 12.4 Å². The van der Waals surface area contributed by atoms with Crippen molar-refractivity contribution in [2.45, 2.75) is 25.4 Å². The summed E-state index contributed by atoms with van der Waals surface area (Å²) in [4.78, 5) is 0. The molecule has 0 amide bonds. The third-order valence-corrected chi connectivity index (χ3v) is 1.52. The van der Waals surface area contributed by atoms with Gasteiger partial charge in [-0.25, -0.2) is 0 Å². The highest BCUT2D eigenvalue weighted by molar-refractivity contribution is 5.85. The number of rotatable bonds is 0. The van der Waals surface area contributed by atoms with E-state index >= 15 is 0 Å². The van der Waals surface area contributed by atoms with Crippen molar-refractivity contribution in [2.75, 3.05) is 13.1 Å². The Morgan fingerprint density at radius 2 is 2.11 bits per heavy atom. The van der Waals surface area contributed by atoms with Crippen LogP contribution in [0, 0.1) is 0 Å². The molecular formula is C6H14ClNO. The molecule has 3 heteroatoms. The molecule has 0 bridgehead atoms. The molecule has 0 aromatic heterocycles. The molecule has 1 rings (SSSR count). The fourth-order valence-electron chi connectivity index (χ4n) is 1.00. The van der Waals surface area contributed by atoms with E-state index in [-0.39, 0.29) is 18.5 Å². The first-order chi connectivity index (χ1) is 3.89. The van der Waals surface area contributed by atoms with E-state index in [4.69, 9.17) is 5.11 Å². The van der Waals surface area contributed by atoms with Crippen LogP contribution in [0.15, 0.2) is 0 Å². The van der Waals surface area contributed by atoms with Gasteiger partial charge in [-0.1, -0.05) is 0 Å². The Kier molecular flexibility index (Phi) is 5.15. The maximum atomic E-state index is 9.03. The van der Waals surface area contributed by atoms with Crippen LogP contribution in [0.5, 0.6) is 0 Å². The predicted octanol–water partition coefficient (Wildman–Crippen LogP) is 0.543. The van der Waals surface area contributed by atoms with Gasteiger partial charge in [-0.05, 0) is 25.8 Å². The highest BCUT2D eigenvalue weighted by Crippen LogP contribution is 2.02. The van der Waals surface area contributed by atoms with E-state index in [2.05, 4.69) is 5.32 Å². The van der Waals surface area contributed by atoms with Crippen molar-refractivity contribution in [3.63, 3.8) is 0 Å². The maximum absolute atomic E-state index is 9.03. The summed E-state index contributed by atoms with van der Waals surface area (Å²) in [5.41, 5.74) is 0. The molecule has 1 aliphatic rings. The van der Waals surface area contributed by atoms with Gasteiger partial charge in [0.05, 0.1) is 6.10 Å². The summed E-state index contributed by atoms with van der Waals surface area (Å²) in [5.74, 6) is 0. The summed E-state index contributed by atoms with van der Waals surface area (Å²) in [6.45, 7) is 1.87. The summed E-state index contributed by atoms with van der Waals surface area (Å²) < 4.78 is 0. The van der Waals surface area contributed by atoms with E-state index in [1.807, 2.05) is 0 Å². The molecule has 0 radical (unpaired) electrons. The number of hydrogen-bond acceptors (Lipinski definition) is 2. The Morgan fingerprint density at radius 3 is 2.89 bits per heavy atom. The molecular weight excluding hydrogens is 138 g/mol. The van der Waals surface area contributed by atoms with Crippen molar-refractivity contribution in [2.24, 2.45) is 0 Å². The summed E-state index contributed by atoms with van der Waals surface area (Å²) in [6.07, 6.45) is 3.29. The molecule has 1 fully saturated rings. The second kappa shape index (κ2) is 5.03. The molecule has 1 heterocycles. The molecule has 0 aromatic carbocycles. The van der Waals surface area contributed by atoms with Gasteiger partial charge in [0.2, 0.25) is 0 Å². The van der Waals surface area contributed by atoms with E-state index in [1.165, 1.54) is 12.8 Å². The lowest BCUT2D eigenvalue weighted by atomic mass is 10.2. The molecule has 0 aromatic rings. The molecule has 9 heavy (non-hydrogen) atoms. The van der Waals surface area contributed by atoms with Crippen molar-refractivity contribution >= 4 is 12.4 Å². The van der Waals surface area contributed by atoms with Gasteiger partial charge in [-0.3, -0.25) is 0 Å². The highest BCUT2D eigenvalue weighted by atomic mass is 35.5. The molecule has 1 saturated heterocycles. The predicted molar refractivity (Wildman–Crippen MR) is 40.0 cm³/mol. The maximum Gasteiger partial charge on any atom is 0.0664 e. The van der Waals surface area contributed by atoms with Gasteiger partial charge in [0.25, 0.3) is 0 Å². The first-order valence-electron chi connectivity index (χ1n) is 3.28. The summed E-state index contributed by atoms with van der Waals surface area (Å²) in [5, 5.41) is 12.2. The lowest BCUT2D eigenvalue weighted by molar-refractivity contribution is 0.168. The van der Waals surface area contributed by atoms with Crippen LogP contribution in [0.3, 0.4) is 0 Å². The van der Waals surface area contributed by atoms with E-state index in [0.717, 1.165) is 19.5 Å². The SMILES string of the molecule is Cl.O[C@@H]1CCCCNC1. The van der Waals surface area contributed by atoms with Gasteiger partial charge >= 0.3 is 0 Å². The van der Waals surface area contributed by atoms with Crippen LogP contribution in [0.25, 0.3) is 0 Å². The Labute approximate surface area is 62.1 Å². The van der Waals surface area contributed by atoms with Gasteiger partial charge in [-0.15, -0.1) is 12.4 Å². The summed E-state index contributed by atoms with van der Waals surface area (Å²) in [6, 6.07) is 0. The zero-order valence-corrected chi connectivity index (χ0v) is 6.28. The van der Waals surface area contributed by atoms with Crippen LogP contribution in [0.1, 0.15) is 19.3 Å². The Bertz CT molecular complexity index is 62.1. The van der Waals surface area contributed by atoms with Gasteiger partial charge in [0.1, 0.15) is 0 Å². The average molecular weight is 152 g/mol. The molecule has 1 aliphatic heterocycles. The Morgan fingerprint density at radius 1 is 1.33 bits per heavy atom. The quantitative estimate of drug-likeness (QED) is 0.530. The monoisotopic (exact) mass is 151 g/mol. The highest BCUT2D eigenvalue weighted by Gasteiger charge is 2.05. The molecule has 2 nitrogen and oxygen atoms in total. The minimum Gasteiger partial charge on any atom is -0.392 e. The number of aliphatic hydroxyl groups excluding tert-OH is 1. The molecule has 1 atom stereocenters. The largest absolute Gasteiger partial charge is 0.392 e. The van der Waals surface area contributed by atoms with Crippen molar-refractivity contribution < 1.29 is 5.11 Å². The van der Waals surface area contributed by atoms with Crippen molar-refractivity contribution in [3.8, 4) is 0 Å². The second-order valence-electron chi connectivity index (χ2n) is 2.35. The fraction of sp³-hybridized carbons (Fsp3) is 1.00. The standard InChI is InChI=1S/C6H13NO.ClH/c8-6-3-1-2-4-7-5-6;/h6-8H,1-5H2;1H/t6-;/m1./s1. The Balaban J connectivity index is 0.000000640. The lowest BCUT2D eigenvalue weighted by Gasteiger charge is -2.03. The molecule has 0 aliphatic carbocycles. The van der Waals surface area contributed by atoms with Crippen LogP contribution < -0.4 is 5.32 Å².